The van der Waals surface area contributed by atoms with Gasteiger partial charge in [0, 0.05) is 19.1 Å². The highest BCUT2D eigenvalue weighted by Crippen LogP contribution is 2.19. The molecule has 9 heteroatoms. The third-order valence-corrected chi connectivity index (χ3v) is 4.60. The molecule has 1 aliphatic heterocycles. The summed E-state index contributed by atoms with van der Waals surface area (Å²) in [6.45, 7) is 1.16. The first-order valence-corrected chi connectivity index (χ1v) is 8.47. The van der Waals surface area contributed by atoms with Crippen LogP contribution in [0.5, 0.6) is 0 Å². The number of anilines is 1. The highest BCUT2D eigenvalue weighted by molar-refractivity contribution is 6.04. The van der Waals surface area contributed by atoms with Gasteiger partial charge in [-0.1, -0.05) is 0 Å². The van der Waals surface area contributed by atoms with Crippen LogP contribution in [0.2, 0.25) is 0 Å². The second kappa shape index (κ2) is 8.02. The van der Waals surface area contributed by atoms with Crippen molar-refractivity contribution in [3.63, 3.8) is 0 Å². The van der Waals surface area contributed by atoms with Gasteiger partial charge in [-0.15, -0.1) is 0 Å². The van der Waals surface area contributed by atoms with Crippen LogP contribution in [0.3, 0.4) is 0 Å². The van der Waals surface area contributed by atoms with Gasteiger partial charge in [-0.05, 0) is 36.6 Å². The fraction of sp³-hybridized carbons (Fsp3) is 0.333. The van der Waals surface area contributed by atoms with E-state index in [0.717, 1.165) is 12.8 Å². The number of rotatable bonds is 4. The van der Waals surface area contributed by atoms with Gasteiger partial charge in [0.05, 0.1) is 24.4 Å². The van der Waals surface area contributed by atoms with E-state index >= 15 is 0 Å². The van der Waals surface area contributed by atoms with Gasteiger partial charge in [-0.25, -0.2) is 9.37 Å². The molecule has 0 aliphatic carbocycles. The van der Waals surface area contributed by atoms with E-state index in [1.165, 1.54) is 29.0 Å². The maximum absolute atomic E-state index is 13.7. The number of benzene rings is 1. The molecule has 0 bridgehead atoms. The summed E-state index contributed by atoms with van der Waals surface area (Å²) in [5.74, 6) is -0.138. The van der Waals surface area contributed by atoms with E-state index < -0.39 is 11.4 Å². The molecule has 2 heterocycles. The van der Waals surface area contributed by atoms with Gasteiger partial charge >= 0.3 is 0 Å². The summed E-state index contributed by atoms with van der Waals surface area (Å²) >= 11 is 0. The van der Waals surface area contributed by atoms with Crippen LogP contribution in [-0.2, 0) is 6.54 Å². The molecule has 1 aromatic carbocycles. The Labute approximate surface area is 157 Å². The lowest BCUT2D eigenvalue weighted by Gasteiger charge is -2.34. The first-order chi connectivity index (χ1) is 13.1. The van der Waals surface area contributed by atoms with E-state index in [-0.39, 0.29) is 23.7 Å². The Hall–Kier alpha value is -3.17. The molecule has 1 aromatic heterocycles. The van der Waals surface area contributed by atoms with Crippen LogP contribution in [-0.4, -0.2) is 36.7 Å². The Balaban J connectivity index is 2.08. The number of hydrogen-bond acceptors (Lipinski definition) is 6. The molecule has 3 rings (SSSR count). The van der Waals surface area contributed by atoms with Crippen LogP contribution in [0.15, 0.2) is 29.2 Å². The normalized spacial score (nSPS) is 16.6. The minimum absolute atomic E-state index is 0.0450. The van der Waals surface area contributed by atoms with E-state index in [1.807, 2.05) is 17.0 Å². The Kier molecular flexibility index (Phi) is 5.53. The average Bonchev–Trinajstić information content (AvgIpc) is 2.69. The molecular formula is C18H16BFN6O. The van der Waals surface area contributed by atoms with Crippen molar-refractivity contribution in [2.75, 3.05) is 18.0 Å². The quantitative estimate of drug-likeness (QED) is 0.809. The van der Waals surface area contributed by atoms with E-state index in [0.29, 0.717) is 24.6 Å². The average molecular weight is 362 g/mol. The molecule has 0 unspecified atom stereocenters. The summed E-state index contributed by atoms with van der Waals surface area (Å²) in [6, 6.07) is 7.65. The largest absolute Gasteiger partial charge is 0.362 e. The Morgan fingerprint density at radius 2 is 2.11 bits per heavy atom. The second-order valence-electron chi connectivity index (χ2n) is 6.34. The number of piperidine rings is 1. The standard InChI is InChI=1S/C18H16BFN6O/c19-24-16-2-1-5-25(11-16)18-23-9-14(8-22)17(27)26(18)10-13-6-15(20)4-3-12(13)7-21/h3-4,6,9,16,24H,1-2,5,10-11H2/t16-/m1/s1. The molecule has 1 aliphatic rings. The van der Waals surface area contributed by atoms with Gasteiger partial charge in [0.1, 0.15) is 17.4 Å². The third-order valence-electron chi connectivity index (χ3n) is 4.60. The van der Waals surface area contributed by atoms with Gasteiger partial charge in [0.2, 0.25) is 5.95 Å². The smallest absolute Gasteiger partial charge is 0.273 e. The first kappa shape index (κ1) is 18.6. The summed E-state index contributed by atoms with van der Waals surface area (Å²) in [5.41, 5.74) is -0.0299. The lowest BCUT2D eigenvalue weighted by atomic mass is 10.0. The number of nitrogens with zero attached hydrogens (tertiary/aromatic N) is 5. The van der Waals surface area contributed by atoms with E-state index in [9.17, 15) is 19.7 Å². The lowest BCUT2D eigenvalue weighted by molar-refractivity contribution is 0.468. The van der Waals surface area contributed by atoms with Crippen LogP contribution in [0.1, 0.15) is 29.5 Å². The maximum atomic E-state index is 13.7. The fourth-order valence-electron chi connectivity index (χ4n) is 3.22. The van der Waals surface area contributed by atoms with Crippen LogP contribution >= 0.6 is 0 Å². The lowest BCUT2D eigenvalue weighted by Crippen LogP contribution is -2.47. The monoisotopic (exact) mass is 362 g/mol. The number of hydrogen-bond donors (Lipinski definition) is 1. The van der Waals surface area contributed by atoms with Crippen molar-refractivity contribution < 1.29 is 4.39 Å². The Morgan fingerprint density at radius 3 is 2.81 bits per heavy atom. The Morgan fingerprint density at radius 1 is 1.33 bits per heavy atom. The molecule has 0 amide bonds. The van der Waals surface area contributed by atoms with Crippen LogP contribution in [0, 0.1) is 28.5 Å². The molecule has 2 aromatic rings. The van der Waals surface area contributed by atoms with Gasteiger partial charge in [0.15, 0.2) is 7.98 Å². The summed E-state index contributed by atoms with van der Waals surface area (Å²) in [6.07, 6.45) is 2.99. The topological polar surface area (TPSA) is 97.7 Å². The zero-order valence-electron chi connectivity index (χ0n) is 14.5. The maximum Gasteiger partial charge on any atom is 0.273 e. The van der Waals surface area contributed by atoms with Crippen molar-refractivity contribution in [2.24, 2.45) is 0 Å². The van der Waals surface area contributed by atoms with E-state index in [2.05, 4.69) is 10.2 Å². The zero-order valence-corrected chi connectivity index (χ0v) is 14.5. The molecule has 1 atom stereocenters. The summed E-state index contributed by atoms with van der Waals surface area (Å²) < 4.78 is 15.0. The van der Waals surface area contributed by atoms with Gasteiger partial charge in [-0.3, -0.25) is 9.36 Å². The van der Waals surface area contributed by atoms with Crippen LogP contribution < -0.4 is 15.7 Å². The summed E-state index contributed by atoms with van der Waals surface area (Å²) in [5, 5.41) is 21.2. The van der Waals surface area contributed by atoms with Crippen LogP contribution in [0.25, 0.3) is 0 Å². The predicted octanol–water partition coefficient (Wildman–Crippen LogP) is 0.816. The van der Waals surface area contributed by atoms with Crippen molar-refractivity contribution >= 4 is 13.9 Å². The predicted molar refractivity (Wildman–Crippen MR) is 97.6 cm³/mol. The van der Waals surface area contributed by atoms with Crippen molar-refractivity contribution in [3.8, 4) is 12.1 Å². The van der Waals surface area contributed by atoms with E-state index in [4.69, 9.17) is 7.98 Å². The molecule has 27 heavy (non-hydrogen) atoms. The first-order valence-electron chi connectivity index (χ1n) is 8.47. The van der Waals surface area contributed by atoms with Gasteiger partial charge in [0.25, 0.3) is 5.56 Å². The van der Waals surface area contributed by atoms with Crippen molar-refractivity contribution in [1.82, 2.24) is 14.8 Å². The zero-order chi connectivity index (χ0) is 19.4. The third kappa shape index (κ3) is 3.84. The molecule has 0 spiro atoms. The SMILES string of the molecule is [B]N[C@@H]1CCCN(c2ncc(C#N)c(=O)n2Cc2cc(F)ccc2C#N)C1. The van der Waals surface area contributed by atoms with Gasteiger partial charge in [-0.2, -0.15) is 10.5 Å². The molecular weight excluding hydrogens is 346 g/mol. The molecule has 1 fully saturated rings. The minimum Gasteiger partial charge on any atom is -0.362 e. The van der Waals surface area contributed by atoms with E-state index in [1.54, 1.807) is 0 Å². The van der Waals surface area contributed by atoms with Crippen molar-refractivity contribution in [2.45, 2.75) is 25.4 Å². The highest BCUT2D eigenvalue weighted by atomic mass is 19.1. The highest BCUT2D eigenvalue weighted by Gasteiger charge is 2.23. The molecule has 2 radical (unpaired) electrons. The summed E-state index contributed by atoms with van der Waals surface area (Å²) in [4.78, 5) is 19.0. The molecule has 0 saturated carbocycles. The summed E-state index contributed by atoms with van der Waals surface area (Å²) in [7, 11) is 5.55. The Bertz CT molecular complexity index is 993. The fourth-order valence-corrected chi connectivity index (χ4v) is 3.22. The second-order valence-corrected chi connectivity index (χ2v) is 6.34. The number of nitrogens with one attached hydrogen (secondary N) is 1. The van der Waals surface area contributed by atoms with Crippen molar-refractivity contribution in [1.29, 1.82) is 10.5 Å². The molecule has 1 saturated heterocycles. The van der Waals surface area contributed by atoms with Gasteiger partial charge < -0.3 is 10.1 Å². The number of nitriles is 2. The molecule has 7 nitrogen and oxygen atoms in total. The molecule has 1 N–H and O–H groups in total. The minimum atomic E-state index is -0.529. The number of aromatic nitrogens is 2. The molecule has 134 valence electrons. The van der Waals surface area contributed by atoms with Crippen LogP contribution in [0.4, 0.5) is 10.3 Å². The number of halogens is 1. The van der Waals surface area contributed by atoms with Crippen molar-refractivity contribution in [3.05, 3.63) is 57.3 Å².